The van der Waals surface area contributed by atoms with Gasteiger partial charge < -0.3 is 10.5 Å². The molecule has 16 heavy (non-hydrogen) atoms. The first-order chi connectivity index (χ1) is 7.54. The minimum absolute atomic E-state index is 0.0000463. The maximum absolute atomic E-state index is 11.7. The van der Waals surface area contributed by atoms with Crippen LogP contribution in [0, 0.1) is 0 Å². The van der Waals surface area contributed by atoms with E-state index in [2.05, 4.69) is 4.98 Å². The van der Waals surface area contributed by atoms with E-state index in [1.165, 1.54) is 0 Å². The highest BCUT2D eigenvalue weighted by molar-refractivity contribution is 5.86. The summed E-state index contributed by atoms with van der Waals surface area (Å²) in [5.74, 6) is -0.321. The van der Waals surface area contributed by atoms with Crippen molar-refractivity contribution < 1.29 is 9.53 Å². The van der Waals surface area contributed by atoms with E-state index < -0.39 is 5.54 Å². The Hall–Kier alpha value is -1.42. The van der Waals surface area contributed by atoms with E-state index in [0.717, 1.165) is 5.69 Å². The summed E-state index contributed by atoms with van der Waals surface area (Å²) in [5, 5.41) is 0. The lowest BCUT2D eigenvalue weighted by atomic mass is 10.1. The quantitative estimate of drug-likeness (QED) is 0.778. The molecule has 1 aliphatic rings. The molecule has 2 rings (SSSR count). The summed E-state index contributed by atoms with van der Waals surface area (Å²) in [6.45, 7) is 3.64. The molecule has 0 spiro atoms. The van der Waals surface area contributed by atoms with E-state index in [1.54, 1.807) is 6.20 Å². The summed E-state index contributed by atoms with van der Waals surface area (Å²) in [6, 6.07) is 5.63. The third kappa shape index (κ3) is 1.93. The number of nitrogens with zero attached hydrogens (tertiary/aromatic N) is 1. The Morgan fingerprint density at radius 3 is 2.94 bits per heavy atom. The van der Waals surface area contributed by atoms with Gasteiger partial charge in [-0.3, -0.25) is 9.78 Å². The number of esters is 1. The number of rotatable bonds is 3. The molecule has 0 aromatic carbocycles. The zero-order valence-corrected chi connectivity index (χ0v) is 9.51. The Morgan fingerprint density at radius 2 is 2.38 bits per heavy atom. The van der Waals surface area contributed by atoms with E-state index in [1.807, 2.05) is 32.0 Å². The van der Waals surface area contributed by atoms with Crippen molar-refractivity contribution in [3.8, 4) is 0 Å². The van der Waals surface area contributed by atoms with Crippen LogP contribution in [0.15, 0.2) is 24.4 Å². The van der Waals surface area contributed by atoms with Crippen LogP contribution in [0.5, 0.6) is 0 Å². The summed E-state index contributed by atoms with van der Waals surface area (Å²) in [5.41, 5.74) is 6.00. The Bertz CT molecular complexity index is 391. The number of nitrogens with two attached hydrogens (primary N) is 1. The monoisotopic (exact) mass is 220 g/mol. The minimum Gasteiger partial charge on any atom is -0.462 e. The normalized spacial score (nSPS) is 27.9. The van der Waals surface area contributed by atoms with Gasteiger partial charge in [0.15, 0.2) is 0 Å². The fraction of sp³-hybridized carbons (Fsp3) is 0.500. The molecule has 1 aliphatic carbocycles. The Balaban J connectivity index is 2.07. The molecule has 86 valence electrons. The minimum atomic E-state index is -0.862. The average Bonchev–Trinajstić information content (AvgIpc) is 2.93. The molecular formula is C12H16N2O2. The smallest absolute Gasteiger partial charge is 0.327 e. The number of pyridine rings is 1. The van der Waals surface area contributed by atoms with Crippen molar-refractivity contribution in [2.75, 3.05) is 0 Å². The molecule has 0 aliphatic heterocycles. The standard InChI is InChI=1S/C12H16N2O2/c1-8(2)16-11(15)12(13)7-9(12)10-5-3-4-6-14-10/h3-6,8-9H,7,13H2,1-2H3. The van der Waals surface area contributed by atoms with Gasteiger partial charge in [-0.1, -0.05) is 6.07 Å². The summed E-state index contributed by atoms with van der Waals surface area (Å²) in [7, 11) is 0. The van der Waals surface area contributed by atoms with Crippen molar-refractivity contribution in [3.63, 3.8) is 0 Å². The summed E-state index contributed by atoms with van der Waals surface area (Å²) in [4.78, 5) is 16.0. The molecule has 1 fully saturated rings. The second-order valence-electron chi connectivity index (χ2n) is 4.51. The van der Waals surface area contributed by atoms with Crippen molar-refractivity contribution in [1.29, 1.82) is 0 Å². The molecule has 1 heterocycles. The van der Waals surface area contributed by atoms with Crippen LogP contribution in [0.3, 0.4) is 0 Å². The highest BCUT2D eigenvalue weighted by Gasteiger charge is 2.60. The molecule has 1 aromatic rings. The van der Waals surface area contributed by atoms with Crippen LogP contribution in [0.4, 0.5) is 0 Å². The first-order valence-corrected chi connectivity index (χ1v) is 5.45. The van der Waals surface area contributed by atoms with Gasteiger partial charge in [0.25, 0.3) is 0 Å². The molecular weight excluding hydrogens is 204 g/mol. The number of hydrogen-bond acceptors (Lipinski definition) is 4. The summed E-state index contributed by atoms with van der Waals surface area (Å²) in [6.07, 6.45) is 2.20. The highest BCUT2D eigenvalue weighted by atomic mass is 16.5. The van der Waals surface area contributed by atoms with Crippen molar-refractivity contribution >= 4 is 5.97 Å². The van der Waals surface area contributed by atoms with Gasteiger partial charge in [-0.2, -0.15) is 0 Å². The zero-order valence-electron chi connectivity index (χ0n) is 9.51. The topological polar surface area (TPSA) is 65.2 Å². The van der Waals surface area contributed by atoms with Gasteiger partial charge in [-0.05, 0) is 32.4 Å². The van der Waals surface area contributed by atoms with Crippen LogP contribution in [-0.2, 0) is 9.53 Å². The molecule has 0 radical (unpaired) electrons. The SMILES string of the molecule is CC(C)OC(=O)C1(N)CC1c1ccccn1. The number of ether oxygens (including phenoxy) is 1. The second-order valence-corrected chi connectivity index (χ2v) is 4.51. The molecule has 4 heteroatoms. The molecule has 0 bridgehead atoms. The van der Waals surface area contributed by atoms with Crippen molar-refractivity contribution in [2.24, 2.45) is 5.73 Å². The van der Waals surface area contributed by atoms with Crippen LogP contribution in [0.2, 0.25) is 0 Å². The van der Waals surface area contributed by atoms with Crippen LogP contribution in [-0.4, -0.2) is 22.6 Å². The predicted octanol–water partition coefficient (Wildman–Crippen LogP) is 1.22. The third-order valence-electron chi connectivity index (χ3n) is 2.77. The lowest BCUT2D eigenvalue weighted by Gasteiger charge is -2.13. The van der Waals surface area contributed by atoms with Crippen LogP contribution in [0.25, 0.3) is 0 Å². The first-order valence-electron chi connectivity index (χ1n) is 5.45. The zero-order chi connectivity index (χ0) is 11.8. The molecule has 1 aromatic heterocycles. The van der Waals surface area contributed by atoms with Crippen LogP contribution >= 0.6 is 0 Å². The summed E-state index contributed by atoms with van der Waals surface area (Å²) >= 11 is 0. The van der Waals surface area contributed by atoms with Gasteiger partial charge in [0.2, 0.25) is 0 Å². The maximum atomic E-state index is 11.7. The third-order valence-corrected chi connectivity index (χ3v) is 2.77. The van der Waals surface area contributed by atoms with Crippen LogP contribution in [0.1, 0.15) is 31.9 Å². The van der Waals surface area contributed by atoms with Crippen molar-refractivity contribution in [1.82, 2.24) is 4.98 Å². The fourth-order valence-electron chi connectivity index (χ4n) is 1.78. The van der Waals surface area contributed by atoms with Gasteiger partial charge in [0.05, 0.1) is 6.10 Å². The number of carbonyl (C=O) groups is 1. The van der Waals surface area contributed by atoms with E-state index in [0.29, 0.717) is 6.42 Å². The Morgan fingerprint density at radius 1 is 1.62 bits per heavy atom. The van der Waals surface area contributed by atoms with Gasteiger partial charge in [-0.25, -0.2) is 0 Å². The van der Waals surface area contributed by atoms with Gasteiger partial charge >= 0.3 is 5.97 Å². The molecule has 0 amide bonds. The number of aromatic nitrogens is 1. The molecule has 4 nitrogen and oxygen atoms in total. The van der Waals surface area contributed by atoms with Gasteiger partial charge in [0.1, 0.15) is 5.54 Å². The lowest BCUT2D eigenvalue weighted by Crippen LogP contribution is -2.38. The second kappa shape index (κ2) is 3.87. The van der Waals surface area contributed by atoms with Crippen molar-refractivity contribution in [3.05, 3.63) is 30.1 Å². The highest BCUT2D eigenvalue weighted by Crippen LogP contribution is 2.49. The summed E-state index contributed by atoms with van der Waals surface area (Å²) < 4.78 is 5.14. The molecule has 2 unspecified atom stereocenters. The van der Waals surface area contributed by atoms with Gasteiger partial charge in [-0.15, -0.1) is 0 Å². The maximum Gasteiger partial charge on any atom is 0.327 e. The molecule has 0 saturated heterocycles. The largest absolute Gasteiger partial charge is 0.462 e. The molecule has 2 N–H and O–H groups in total. The molecule has 2 atom stereocenters. The van der Waals surface area contributed by atoms with E-state index in [-0.39, 0.29) is 18.0 Å². The Kier molecular flexibility index (Phi) is 2.68. The predicted molar refractivity (Wildman–Crippen MR) is 59.7 cm³/mol. The molecule has 1 saturated carbocycles. The Labute approximate surface area is 94.8 Å². The van der Waals surface area contributed by atoms with Gasteiger partial charge in [0, 0.05) is 17.8 Å². The van der Waals surface area contributed by atoms with E-state index >= 15 is 0 Å². The first kappa shape index (κ1) is 11.1. The lowest BCUT2D eigenvalue weighted by molar-refractivity contribution is -0.150. The average molecular weight is 220 g/mol. The fourth-order valence-corrected chi connectivity index (χ4v) is 1.78. The number of hydrogen-bond donors (Lipinski definition) is 1. The van der Waals surface area contributed by atoms with Crippen LogP contribution < -0.4 is 5.73 Å². The van der Waals surface area contributed by atoms with E-state index in [4.69, 9.17) is 10.5 Å². The number of carbonyl (C=O) groups excluding carboxylic acids is 1. The van der Waals surface area contributed by atoms with Crippen molar-refractivity contribution in [2.45, 2.75) is 37.8 Å². The van der Waals surface area contributed by atoms with E-state index in [9.17, 15) is 4.79 Å².